The molecule has 7 nitrogen and oxygen atoms in total. The van der Waals surface area contributed by atoms with Crippen molar-refractivity contribution >= 4 is 16.2 Å². The smallest absolute Gasteiger partial charge is 0.748 e. The number of alkyl carbamates (subject to hydrolysis) is 1. The molecule has 1 aromatic rings. The van der Waals surface area contributed by atoms with Crippen molar-refractivity contribution in [2.45, 2.75) is 104 Å². The first-order valence-electron chi connectivity index (χ1n) is 12.7. The second kappa shape index (κ2) is 19.3. The summed E-state index contributed by atoms with van der Waals surface area (Å²) in [6.45, 7) is 6.29. The molecule has 0 saturated carbocycles. The summed E-state index contributed by atoms with van der Waals surface area (Å²) in [6, 6.07) is 3.84. The van der Waals surface area contributed by atoms with Gasteiger partial charge >= 0.3 is 35.7 Å². The van der Waals surface area contributed by atoms with Crippen LogP contribution >= 0.6 is 0 Å². The summed E-state index contributed by atoms with van der Waals surface area (Å²) in [7, 11) is -2.65. The predicted molar refractivity (Wildman–Crippen MR) is 135 cm³/mol. The molecule has 0 spiro atoms. The van der Waals surface area contributed by atoms with Crippen molar-refractivity contribution in [2.24, 2.45) is 0 Å². The van der Waals surface area contributed by atoms with E-state index in [1.807, 2.05) is 26.0 Å². The number of benzene rings is 1. The Morgan fingerprint density at radius 3 is 2.06 bits per heavy atom. The summed E-state index contributed by atoms with van der Waals surface area (Å²) >= 11 is 0. The van der Waals surface area contributed by atoms with Crippen LogP contribution in [0.1, 0.15) is 107 Å². The first kappa shape index (κ1) is 34.2. The molecule has 196 valence electrons. The molecule has 0 saturated heterocycles. The first-order valence-corrected chi connectivity index (χ1v) is 14.3. The average molecular weight is 522 g/mol. The summed E-state index contributed by atoms with van der Waals surface area (Å²) in [5, 5.41) is 2.56. The number of hydrogen-bond acceptors (Lipinski definition) is 6. The molecule has 0 aliphatic carbocycles. The molecule has 1 rings (SSSR count). The van der Waals surface area contributed by atoms with Gasteiger partial charge in [0.2, 0.25) is 0 Å². The van der Waals surface area contributed by atoms with Gasteiger partial charge in [0.05, 0.1) is 17.2 Å². The fraction of sp³-hybridized carbons (Fsp3) is 0.731. The van der Waals surface area contributed by atoms with Crippen molar-refractivity contribution in [1.82, 2.24) is 5.32 Å². The molecular formula is C26H44NNaO6S. The molecule has 0 heterocycles. The summed E-state index contributed by atoms with van der Waals surface area (Å²) in [5.74, 6) is 0.286. The average Bonchev–Trinajstić information content (AvgIpc) is 2.78. The van der Waals surface area contributed by atoms with Gasteiger partial charge in [-0.2, -0.15) is 0 Å². The van der Waals surface area contributed by atoms with Crippen LogP contribution in [-0.4, -0.2) is 38.5 Å². The van der Waals surface area contributed by atoms with Gasteiger partial charge in [-0.25, -0.2) is 13.2 Å². The number of carbonyl (C=O) groups is 1. The number of hydrogen-bond donors (Lipinski definition) is 1. The molecule has 9 heteroatoms. The van der Waals surface area contributed by atoms with Gasteiger partial charge in [0.15, 0.2) is 0 Å². The summed E-state index contributed by atoms with van der Waals surface area (Å²) in [4.78, 5) is 12.4. The number of carbonyl (C=O) groups excluding carboxylic acids is 1. The van der Waals surface area contributed by atoms with E-state index < -0.39 is 28.1 Å². The van der Waals surface area contributed by atoms with Crippen molar-refractivity contribution in [1.29, 1.82) is 0 Å². The number of methoxy groups -OCH3 is 1. The third-order valence-electron chi connectivity index (χ3n) is 6.26. The van der Waals surface area contributed by atoms with E-state index in [-0.39, 0.29) is 42.5 Å². The van der Waals surface area contributed by atoms with Crippen molar-refractivity contribution in [3.8, 4) is 5.75 Å². The quantitative estimate of drug-likeness (QED) is 0.181. The maximum Gasteiger partial charge on any atom is 1.00 e. The Bertz CT molecular complexity index is 831. The van der Waals surface area contributed by atoms with Crippen LogP contribution in [0.5, 0.6) is 5.75 Å². The monoisotopic (exact) mass is 521 g/mol. The van der Waals surface area contributed by atoms with E-state index in [4.69, 9.17) is 9.47 Å². The second-order valence-corrected chi connectivity index (χ2v) is 10.5. The number of unbranched alkanes of at least 4 members (excludes halogenated alkanes) is 9. The third kappa shape index (κ3) is 15.1. The fourth-order valence-corrected chi connectivity index (χ4v) is 4.59. The maximum absolute atomic E-state index is 12.4. The van der Waals surface area contributed by atoms with Gasteiger partial charge in [-0.05, 0) is 55.9 Å². The molecule has 0 aromatic heterocycles. The van der Waals surface area contributed by atoms with Crippen molar-refractivity contribution < 1.29 is 56.8 Å². The molecule has 0 aliphatic rings. The number of amides is 1. The minimum Gasteiger partial charge on any atom is -0.748 e. The zero-order valence-corrected chi connectivity index (χ0v) is 25.3. The summed E-state index contributed by atoms with van der Waals surface area (Å²) < 4.78 is 43.3. The molecule has 0 fully saturated rings. The van der Waals surface area contributed by atoms with Crippen LogP contribution in [0.25, 0.3) is 0 Å². The van der Waals surface area contributed by atoms with Crippen LogP contribution in [0.3, 0.4) is 0 Å². The van der Waals surface area contributed by atoms with Crippen LogP contribution in [0.4, 0.5) is 4.79 Å². The Hall–Kier alpha value is -0.800. The number of ether oxygens (including phenoxy) is 2. The summed E-state index contributed by atoms with van der Waals surface area (Å²) in [6.07, 6.45) is 12.1. The van der Waals surface area contributed by atoms with E-state index in [1.165, 1.54) is 51.4 Å². The zero-order chi connectivity index (χ0) is 25.4. The number of rotatable bonds is 18. The minimum absolute atomic E-state index is 0. The van der Waals surface area contributed by atoms with E-state index in [9.17, 15) is 17.8 Å². The third-order valence-corrected chi connectivity index (χ3v) is 7.04. The molecule has 1 amide bonds. The molecule has 0 bridgehead atoms. The van der Waals surface area contributed by atoms with Gasteiger partial charge in [-0.15, -0.1) is 0 Å². The van der Waals surface area contributed by atoms with Crippen molar-refractivity contribution in [3.63, 3.8) is 0 Å². The minimum atomic E-state index is -4.29. The van der Waals surface area contributed by atoms with Crippen LogP contribution in [0.2, 0.25) is 0 Å². The predicted octanol–water partition coefficient (Wildman–Crippen LogP) is 3.33. The van der Waals surface area contributed by atoms with Crippen molar-refractivity contribution in [3.05, 3.63) is 28.8 Å². The van der Waals surface area contributed by atoms with Gasteiger partial charge in [-0.3, -0.25) is 0 Å². The Labute approximate surface area is 235 Å². The Morgan fingerprint density at radius 1 is 0.943 bits per heavy atom. The van der Waals surface area contributed by atoms with Gasteiger partial charge in [-0.1, -0.05) is 70.8 Å². The normalized spacial score (nSPS) is 12.0. The standard InChI is InChI=1S/C26H45NO6S.Na/c1-5-6-7-8-9-10-11-12-13-14-16-25(23-17-18-24(32-4)22(3)21(23)2)33-26(28)27-19-15-20-34(29,30)31;/h17-18,25H,5-16,19-20H2,1-4H3,(H,27,28)(H,29,30,31);/q;+1/p-1. The first-order chi connectivity index (χ1) is 16.2. The van der Waals surface area contributed by atoms with E-state index in [1.54, 1.807) is 7.11 Å². The van der Waals surface area contributed by atoms with Gasteiger partial charge in [0.1, 0.15) is 11.9 Å². The van der Waals surface area contributed by atoms with E-state index >= 15 is 0 Å². The molecule has 0 aliphatic heterocycles. The Balaban J connectivity index is 0.0000116. The van der Waals surface area contributed by atoms with E-state index in [0.29, 0.717) is 6.42 Å². The largest absolute Gasteiger partial charge is 1.00 e. The van der Waals surface area contributed by atoms with Gasteiger partial charge < -0.3 is 19.3 Å². The Morgan fingerprint density at radius 2 is 1.51 bits per heavy atom. The fourth-order valence-electron chi connectivity index (χ4n) is 4.09. The molecular weight excluding hydrogens is 477 g/mol. The molecule has 35 heavy (non-hydrogen) atoms. The number of nitrogens with one attached hydrogen (secondary N) is 1. The topological polar surface area (TPSA) is 105 Å². The van der Waals surface area contributed by atoms with Gasteiger partial charge in [0.25, 0.3) is 0 Å². The molecule has 1 aromatic carbocycles. The van der Waals surface area contributed by atoms with Crippen LogP contribution in [0.15, 0.2) is 12.1 Å². The SMILES string of the molecule is CCCCCCCCCCCCC(OC(=O)NCCCS(=O)(=O)[O-])c1ccc(OC)c(C)c1C.[Na+]. The zero-order valence-electron chi connectivity index (χ0n) is 22.5. The molecule has 1 atom stereocenters. The van der Waals surface area contributed by atoms with Crippen LogP contribution in [-0.2, 0) is 14.9 Å². The van der Waals surface area contributed by atoms with Crippen LogP contribution < -0.4 is 39.6 Å². The Kier molecular flexibility index (Phi) is 18.9. The summed E-state index contributed by atoms with van der Waals surface area (Å²) in [5.41, 5.74) is 2.99. The van der Waals surface area contributed by atoms with E-state index in [0.717, 1.165) is 35.3 Å². The van der Waals surface area contributed by atoms with Crippen molar-refractivity contribution in [2.75, 3.05) is 19.4 Å². The van der Waals surface area contributed by atoms with E-state index in [2.05, 4.69) is 12.2 Å². The second-order valence-electron chi connectivity index (χ2n) is 9.01. The molecule has 0 radical (unpaired) electrons. The van der Waals surface area contributed by atoms with Crippen LogP contribution in [0, 0.1) is 13.8 Å². The molecule has 1 unspecified atom stereocenters. The van der Waals surface area contributed by atoms with Gasteiger partial charge in [0, 0.05) is 12.3 Å². The maximum atomic E-state index is 12.4. The molecule has 1 N–H and O–H groups in total.